The maximum atomic E-state index is 11.2. The van der Waals surface area contributed by atoms with E-state index in [1.807, 2.05) is 0 Å². The number of aliphatic hydroxyl groups excluding tert-OH is 1. The molecule has 8 heteroatoms. The highest BCUT2D eigenvalue weighted by Crippen LogP contribution is 2.68. The second-order valence-electron chi connectivity index (χ2n) is 12.1. The zero-order chi connectivity index (χ0) is 25.5. The Morgan fingerprint density at radius 2 is 1.56 bits per heavy atom. The molecule has 34 heavy (non-hydrogen) atoms. The van der Waals surface area contributed by atoms with Crippen molar-refractivity contribution in [1.82, 2.24) is 0 Å². The third-order valence-electron chi connectivity index (χ3n) is 10.7. The molecule has 0 radical (unpaired) electrons. The van der Waals surface area contributed by atoms with Gasteiger partial charge in [0.05, 0.1) is 6.54 Å². The molecule has 0 aromatic heterocycles. The summed E-state index contributed by atoms with van der Waals surface area (Å²) in [6, 6.07) is 0. The Balaban J connectivity index is 0.000000588. The minimum Gasteiger partial charge on any atom is -0.480 e. The van der Waals surface area contributed by atoms with E-state index < -0.39 is 29.7 Å². The molecule has 0 spiro atoms. The molecule has 4 saturated carbocycles. The summed E-state index contributed by atoms with van der Waals surface area (Å²) in [5.41, 5.74) is 5.11. The van der Waals surface area contributed by atoms with Crippen LogP contribution in [0.25, 0.3) is 0 Å². The third kappa shape index (κ3) is 4.63. The van der Waals surface area contributed by atoms with E-state index in [-0.39, 0.29) is 17.9 Å². The average molecular weight is 484 g/mol. The normalized spacial score (nSPS) is 41.1. The molecule has 0 heterocycles. The minimum atomic E-state index is -3.08. The third-order valence-corrected chi connectivity index (χ3v) is 10.7. The molecule has 9 atom stereocenters. The second kappa shape index (κ2) is 10.0. The molecule has 4 fully saturated rings. The predicted octanol–water partition coefficient (Wildman–Crippen LogP) is 2.83. The Morgan fingerprint density at radius 3 is 2.15 bits per heavy atom. The van der Waals surface area contributed by atoms with Gasteiger partial charge in [-0.2, -0.15) is 0 Å². The highest BCUT2D eigenvalue weighted by molar-refractivity contribution is 5.75. The molecule has 0 aromatic rings. The first-order chi connectivity index (χ1) is 15.8. The van der Waals surface area contributed by atoms with Crippen molar-refractivity contribution in [3.63, 3.8) is 0 Å². The van der Waals surface area contributed by atoms with Crippen molar-refractivity contribution in [3.8, 4) is 0 Å². The van der Waals surface area contributed by atoms with Crippen LogP contribution in [-0.2, 0) is 9.59 Å². The summed E-state index contributed by atoms with van der Waals surface area (Å²) in [5.74, 6) is -3.14. The van der Waals surface area contributed by atoms with Crippen LogP contribution in [0.15, 0.2) is 0 Å². The summed E-state index contributed by atoms with van der Waals surface area (Å²) in [5, 5.41) is 47.1. The molecule has 0 bridgehead atoms. The van der Waals surface area contributed by atoms with Crippen molar-refractivity contribution < 1.29 is 35.1 Å². The van der Waals surface area contributed by atoms with Crippen LogP contribution in [0.2, 0.25) is 0 Å². The number of carboxylic acid groups (broad SMARTS) is 2. The Labute approximate surface area is 202 Å². The van der Waals surface area contributed by atoms with Crippen LogP contribution in [0.1, 0.15) is 85.0 Å². The number of nitrogens with two attached hydrogens (primary N) is 1. The zero-order valence-electron chi connectivity index (χ0n) is 20.9. The molecular weight excluding hydrogens is 438 g/mol. The van der Waals surface area contributed by atoms with E-state index in [9.17, 15) is 24.9 Å². The Kier molecular flexibility index (Phi) is 8.08. The van der Waals surface area contributed by atoms with Crippen molar-refractivity contribution in [1.29, 1.82) is 0 Å². The first kappa shape index (κ1) is 27.4. The largest absolute Gasteiger partial charge is 0.480 e. The minimum absolute atomic E-state index is 0.0496. The van der Waals surface area contributed by atoms with Gasteiger partial charge in [0.1, 0.15) is 6.10 Å². The molecule has 4 aliphatic carbocycles. The lowest BCUT2D eigenvalue weighted by atomic mass is 9.44. The van der Waals surface area contributed by atoms with Gasteiger partial charge in [-0.1, -0.05) is 33.6 Å². The topological polar surface area (TPSA) is 161 Å². The summed E-state index contributed by atoms with van der Waals surface area (Å²) in [6.45, 7) is 6.42. The Bertz CT molecular complexity index is 757. The molecule has 7 N–H and O–H groups in total. The van der Waals surface area contributed by atoms with Gasteiger partial charge in [-0.25, -0.2) is 4.79 Å². The summed E-state index contributed by atoms with van der Waals surface area (Å²) in [6.07, 6.45) is 10.9. The lowest BCUT2D eigenvalue weighted by Crippen LogP contribution is -2.56. The van der Waals surface area contributed by atoms with Gasteiger partial charge < -0.3 is 31.3 Å². The molecule has 196 valence electrons. The Morgan fingerprint density at radius 1 is 0.941 bits per heavy atom. The van der Waals surface area contributed by atoms with Crippen molar-refractivity contribution >= 4 is 11.9 Å². The van der Waals surface area contributed by atoms with Crippen molar-refractivity contribution in [2.24, 2.45) is 52.1 Å². The van der Waals surface area contributed by atoms with E-state index in [1.165, 1.54) is 44.9 Å². The number of fused-ring (bicyclic) bond motifs is 5. The first-order valence-electron chi connectivity index (χ1n) is 13.1. The monoisotopic (exact) mass is 483 g/mol. The first-order valence-corrected chi connectivity index (χ1v) is 13.1. The number of carbonyl (C=O) groups is 2. The van der Waals surface area contributed by atoms with Crippen LogP contribution in [0, 0.1) is 46.3 Å². The summed E-state index contributed by atoms with van der Waals surface area (Å²) in [4.78, 5) is 20.5. The number of hydrogen-bond acceptors (Lipinski definition) is 6. The van der Waals surface area contributed by atoms with E-state index in [1.54, 1.807) is 6.92 Å². The summed E-state index contributed by atoms with van der Waals surface area (Å²) in [7, 11) is 0. The van der Waals surface area contributed by atoms with Crippen molar-refractivity contribution in [2.45, 2.75) is 96.9 Å². The van der Waals surface area contributed by atoms with Crippen molar-refractivity contribution in [2.75, 3.05) is 6.54 Å². The number of carboxylic acids is 2. The fourth-order valence-corrected chi connectivity index (χ4v) is 8.91. The smallest absolute Gasteiger partial charge is 0.366 e. The van der Waals surface area contributed by atoms with Crippen LogP contribution < -0.4 is 5.73 Å². The lowest BCUT2D eigenvalue weighted by molar-refractivity contribution is -0.249. The van der Waals surface area contributed by atoms with Gasteiger partial charge in [-0.3, -0.25) is 4.79 Å². The number of aliphatic carboxylic acids is 2. The van der Waals surface area contributed by atoms with Crippen LogP contribution in [0.3, 0.4) is 0 Å². The fourth-order valence-electron chi connectivity index (χ4n) is 8.91. The fraction of sp³-hybridized carbons (Fsp3) is 0.923. The lowest BCUT2D eigenvalue weighted by Gasteiger charge is -2.61. The van der Waals surface area contributed by atoms with E-state index in [2.05, 4.69) is 19.6 Å². The standard InChI is InChI=1S/C24H40O5.C2H5NO2/c1-14(20(25)24(28,29)21(26)27)17-9-10-18-16-8-7-15-6-4-5-12-22(15,2)19(16)11-13-23(17,18)3;3-1-2(4)5/h14-20,25,28-29H,4-13H2,1-3H3,(H,26,27);1,3H2,(H,4,5)/t14?,15?,16-,17+,18-,19-,20?,22-,23+;/m0./s1. The van der Waals surface area contributed by atoms with Crippen LogP contribution in [-0.4, -0.2) is 55.9 Å². The van der Waals surface area contributed by atoms with Crippen LogP contribution in [0.5, 0.6) is 0 Å². The molecule has 4 rings (SSSR count). The Hall–Kier alpha value is -1.22. The summed E-state index contributed by atoms with van der Waals surface area (Å²) < 4.78 is 0. The molecule has 0 aliphatic heterocycles. The molecule has 4 aliphatic rings. The molecule has 0 amide bonds. The number of aliphatic hydroxyl groups is 3. The molecule has 3 unspecified atom stereocenters. The van der Waals surface area contributed by atoms with E-state index in [0.29, 0.717) is 11.3 Å². The van der Waals surface area contributed by atoms with Gasteiger partial charge in [0, 0.05) is 0 Å². The quantitative estimate of drug-likeness (QED) is 0.325. The van der Waals surface area contributed by atoms with E-state index in [0.717, 1.165) is 37.0 Å². The molecular formula is C26H45NO7. The summed E-state index contributed by atoms with van der Waals surface area (Å²) >= 11 is 0. The van der Waals surface area contributed by atoms with Crippen molar-refractivity contribution in [3.05, 3.63) is 0 Å². The zero-order valence-corrected chi connectivity index (χ0v) is 20.9. The predicted molar refractivity (Wildman–Crippen MR) is 126 cm³/mol. The maximum absolute atomic E-state index is 11.2. The van der Waals surface area contributed by atoms with Gasteiger partial charge in [0.15, 0.2) is 0 Å². The van der Waals surface area contributed by atoms with Gasteiger partial charge in [0.25, 0.3) is 5.79 Å². The molecule has 0 aromatic carbocycles. The molecule has 0 saturated heterocycles. The molecule has 8 nitrogen and oxygen atoms in total. The van der Waals surface area contributed by atoms with Gasteiger partial charge in [-0.15, -0.1) is 0 Å². The van der Waals surface area contributed by atoms with Gasteiger partial charge in [0.2, 0.25) is 0 Å². The highest BCUT2D eigenvalue weighted by Gasteiger charge is 2.61. The second-order valence-corrected chi connectivity index (χ2v) is 12.1. The van der Waals surface area contributed by atoms with Crippen LogP contribution >= 0.6 is 0 Å². The maximum Gasteiger partial charge on any atom is 0.366 e. The number of rotatable bonds is 5. The van der Waals surface area contributed by atoms with Gasteiger partial charge in [-0.05, 0) is 97.7 Å². The van der Waals surface area contributed by atoms with Crippen LogP contribution in [0.4, 0.5) is 0 Å². The SMILES string of the molecule is CC(C(O)C(O)(O)C(=O)O)[C@H]1CC[C@H]2[C@@H]3CCC4CCCC[C@]4(C)[C@H]3CC[C@]12C.NCC(=O)O. The van der Waals surface area contributed by atoms with Gasteiger partial charge >= 0.3 is 11.9 Å². The van der Waals surface area contributed by atoms with E-state index >= 15 is 0 Å². The average Bonchev–Trinajstić information content (AvgIpc) is 3.15. The van der Waals surface area contributed by atoms with E-state index in [4.69, 9.17) is 10.2 Å². The number of hydrogen-bond donors (Lipinski definition) is 6. The highest BCUT2D eigenvalue weighted by atomic mass is 16.6.